The van der Waals surface area contributed by atoms with Gasteiger partial charge in [-0.2, -0.15) is 31.4 Å². The molecule has 0 aliphatic heterocycles. The summed E-state index contributed by atoms with van der Waals surface area (Å²) in [6.45, 7) is 4.52. The summed E-state index contributed by atoms with van der Waals surface area (Å²) in [7, 11) is -5.23. The van der Waals surface area contributed by atoms with Crippen LogP contribution in [-0.2, 0) is 35.3 Å². The Bertz CT molecular complexity index is 1990. The number of aryl methyl sites for hydroxylation is 1. The van der Waals surface area contributed by atoms with Crippen LogP contribution >= 0.6 is 23.2 Å². The minimum absolute atomic E-state index is 0.00236. The molecular formula is C31H26Cl2F6N4O4S. The molecule has 0 fully saturated rings. The molecule has 0 aliphatic rings. The number of carbonyl (C=O) groups excluding carboxylic acids is 2. The quantitative estimate of drug-likeness (QED) is 0.123. The van der Waals surface area contributed by atoms with Crippen LogP contribution in [0.2, 0.25) is 10.0 Å². The van der Waals surface area contributed by atoms with E-state index in [9.17, 15) is 44.3 Å². The summed E-state index contributed by atoms with van der Waals surface area (Å²) < 4.78 is 110. The summed E-state index contributed by atoms with van der Waals surface area (Å²) >= 11 is 12.5. The van der Waals surface area contributed by atoms with Crippen LogP contribution < -0.4 is 4.72 Å². The Hall–Kier alpha value is -3.79. The summed E-state index contributed by atoms with van der Waals surface area (Å²) in [5.41, 5.74) is -2.67. The monoisotopic (exact) mass is 734 g/mol. The number of Topliss-reactive ketones (excluding diaryl/α,β-unsaturated/α-hetero) is 2. The summed E-state index contributed by atoms with van der Waals surface area (Å²) in [6.07, 6.45) is -9.28. The maximum atomic E-state index is 13.8. The summed E-state index contributed by atoms with van der Waals surface area (Å²) in [5, 5.41) is 4.50. The Morgan fingerprint density at radius 3 is 2.25 bits per heavy atom. The number of nitrogens with zero attached hydrogens (tertiary/aromatic N) is 3. The smallest absolute Gasteiger partial charge is 0.294 e. The van der Waals surface area contributed by atoms with Crippen molar-refractivity contribution in [2.45, 2.75) is 57.4 Å². The molecule has 0 amide bonds. The fourth-order valence-corrected chi connectivity index (χ4v) is 6.52. The van der Waals surface area contributed by atoms with E-state index in [1.54, 1.807) is 13.0 Å². The first kappa shape index (κ1) is 37.0. The number of carbonyl (C=O) groups is 2. The highest BCUT2D eigenvalue weighted by atomic mass is 35.5. The topological polar surface area (TPSA) is 111 Å². The summed E-state index contributed by atoms with van der Waals surface area (Å²) in [5.74, 6) is -0.928. The highest BCUT2D eigenvalue weighted by Gasteiger charge is 2.40. The van der Waals surface area contributed by atoms with E-state index in [2.05, 4.69) is 10.1 Å². The van der Waals surface area contributed by atoms with Crippen molar-refractivity contribution in [2.24, 2.45) is 5.92 Å². The van der Waals surface area contributed by atoms with Crippen molar-refractivity contribution in [3.8, 4) is 5.82 Å². The van der Waals surface area contributed by atoms with Gasteiger partial charge in [0.25, 0.3) is 0 Å². The molecule has 4 rings (SSSR count). The number of aromatic nitrogens is 3. The molecule has 0 bridgehead atoms. The van der Waals surface area contributed by atoms with Gasteiger partial charge < -0.3 is 0 Å². The van der Waals surface area contributed by atoms with E-state index in [1.807, 2.05) is 18.6 Å². The number of halogens is 8. The van der Waals surface area contributed by atoms with Crippen LogP contribution in [0.25, 0.3) is 5.82 Å². The van der Waals surface area contributed by atoms with Crippen LogP contribution in [0.4, 0.5) is 26.3 Å². The SMILES string of the molecule is Cc1cc(Cl)cc(C(=O)CC(C)C)c1CC(=O)c1cc(CNS(=O)(=O)c2cc(C(F)(F)F)ccc2C(F)(F)F)nn1-c1ncccc1Cl. The number of nitrogens with one attached hydrogen (secondary N) is 1. The van der Waals surface area contributed by atoms with E-state index in [0.717, 1.165) is 10.7 Å². The molecule has 0 aliphatic carbocycles. The molecule has 4 aromatic rings. The van der Waals surface area contributed by atoms with Crippen molar-refractivity contribution < 1.29 is 44.3 Å². The lowest BCUT2D eigenvalue weighted by Crippen LogP contribution is -2.27. The molecule has 8 nitrogen and oxygen atoms in total. The number of hydrogen-bond donors (Lipinski definition) is 1. The molecule has 0 unspecified atom stereocenters. The number of rotatable bonds is 11. The number of hydrogen-bond acceptors (Lipinski definition) is 6. The van der Waals surface area contributed by atoms with Gasteiger partial charge >= 0.3 is 12.4 Å². The molecular weight excluding hydrogens is 709 g/mol. The first-order chi connectivity index (χ1) is 22.2. The van der Waals surface area contributed by atoms with Gasteiger partial charge in [-0.1, -0.05) is 37.0 Å². The van der Waals surface area contributed by atoms with Crippen LogP contribution in [0.15, 0.2) is 59.6 Å². The Balaban J connectivity index is 1.75. The van der Waals surface area contributed by atoms with Gasteiger partial charge in [-0.3, -0.25) is 9.59 Å². The van der Waals surface area contributed by atoms with E-state index >= 15 is 0 Å². The van der Waals surface area contributed by atoms with Crippen LogP contribution in [-0.4, -0.2) is 34.7 Å². The summed E-state index contributed by atoms with van der Waals surface area (Å²) in [4.78, 5) is 29.4. The van der Waals surface area contributed by atoms with Gasteiger partial charge in [0.1, 0.15) is 5.69 Å². The van der Waals surface area contributed by atoms with Gasteiger partial charge in [-0.15, -0.1) is 0 Å². The van der Waals surface area contributed by atoms with Gasteiger partial charge in [0, 0.05) is 29.6 Å². The zero-order valence-corrected chi connectivity index (χ0v) is 27.6. The largest absolute Gasteiger partial charge is 0.417 e. The lowest BCUT2D eigenvalue weighted by atomic mass is 9.91. The number of sulfonamides is 1. The fourth-order valence-electron chi connectivity index (χ4n) is 4.80. The second-order valence-corrected chi connectivity index (χ2v) is 13.7. The Morgan fingerprint density at radius 1 is 0.958 bits per heavy atom. The van der Waals surface area contributed by atoms with Crippen molar-refractivity contribution in [3.05, 3.63) is 104 Å². The van der Waals surface area contributed by atoms with Crippen LogP contribution in [0.1, 0.15) is 69.1 Å². The van der Waals surface area contributed by atoms with Crippen molar-refractivity contribution in [3.63, 3.8) is 0 Å². The van der Waals surface area contributed by atoms with Crippen molar-refractivity contribution in [1.82, 2.24) is 19.5 Å². The van der Waals surface area contributed by atoms with Crippen molar-refractivity contribution >= 4 is 44.8 Å². The maximum Gasteiger partial charge on any atom is 0.417 e. The van der Waals surface area contributed by atoms with Crippen molar-refractivity contribution in [1.29, 1.82) is 0 Å². The standard InChI is InChI=1S/C31H26Cl2F6N4O4S/c1-16(2)9-26(44)22-12-19(32)10-17(3)21(22)14-27(45)25-13-20(42-43(25)29-24(33)5-4-8-40-29)15-41-48(46,47)28-11-18(30(34,35)36)6-7-23(28)31(37,38)39/h4-8,10-13,16,41H,9,14-15H2,1-3H3. The lowest BCUT2D eigenvalue weighted by Gasteiger charge is -2.16. The average Bonchev–Trinajstić information content (AvgIpc) is 3.40. The average molecular weight is 736 g/mol. The van der Waals surface area contributed by atoms with Gasteiger partial charge in [0.05, 0.1) is 33.3 Å². The molecule has 256 valence electrons. The van der Waals surface area contributed by atoms with Crippen LogP contribution in [0, 0.1) is 12.8 Å². The minimum Gasteiger partial charge on any atom is -0.294 e. The number of alkyl halides is 6. The third-order valence-electron chi connectivity index (χ3n) is 7.00. The Morgan fingerprint density at radius 2 is 1.65 bits per heavy atom. The highest BCUT2D eigenvalue weighted by molar-refractivity contribution is 7.89. The zero-order chi connectivity index (χ0) is 35.8. The van der Waals surface area contributed by atoms with E-state index in [4.69, 9.17) is 23.2 Å². The lowest BCUT2D eigenvalue weighted by molar-refractivity contribution is -0.143. The van der Waals surface area contributed by atoms with Crippen LogP contribution in [0.3, 0.4) is 0 Å². The van der Waals surface area contributed by atoms with Crippen LogP contribution in [0.5, 0.6) is 0 Å². The van der Waals surface area contributed by atoms with Gasteiger partial charge in [-0.25, -0.2) is 22.8 Å². The Labute approximate surface area is 281 Å². The van der Waals surface area contributed by atoms with E-state index in [1.165, 1.54) is 24.4 Å². The molecule has 0 spiro atoms. The predicted octanol–water partition coefficient (Wildman–Crippen LogP) is 8.05. The van der Waals surface area contributed by atoms with E-state index in [0.29, 0.717) is 11.1 Å². The number of pyridine rings is 1. The molecule has 1 N–H and O–H groups in total. The van der Waals surface area contributed by atoms with Gasteiger partial charge in [0.15, 0.2) is 17.4 Å². The summed E-state index contributed by atoms with van der Waals surface area (Å²) in [6, 6.07) is 7.13. The Kier molecular flexibility index (Phi) is 10.8. The van der Waals surface area contributed by atoms with Gasteiger partial charge in [-0.05, 0) is 72.5 Å². The first-order valence-electron chi connectivity index (χ1n) is 14.0. The van der Waals surface area contributed by atoms with E-state index in [-0.39, 0.29) is 75.6 Å². The normalized spacial score (nSPS) is 12.5. The second-order valence-electron chi connectivity index (χ2n) is 11.1. The maximum absolute atomic E-state index is 13.8. The molecule has 0 radical (unpaired) electrons. The number of ketones is 2. The fraction of sp³-hybridized carbons (Fsp3) is 0.290. The molecule has 2 aromatic carbocycles. The predicted molar refractivity (Wildman–Crippen MR) is 165 cm³/mol. The molecule has 0 atom stereocenters. The molecule has 2 heterocycles. The molecule has 2 aromatic heterocycles. The first-order valence-corrected chi connectivity index (χ1v) is 16.3. The molecule has 48 heavy (non-hydrogen) atoms. The minimum atomic E-state index is -5.31. The third-order valence-corrected chi connectivity index (χ3v) is 8.96. The molecule has 17 heteroatoms. The van der Waals surface area contributed by atoms with Gasteiger partial charge in [0.2, 0.25) is 10.0 Å². The second kappa shape index (κ2) is 14.0. The highest BCUT2D eigenvalue weighted by Crippen LogP contribution is 2.38. The third kappa shape index (κ3) is 8.43. The molecule has 0 saturated carbocycles. The van der Waals surface area contributed by atoms with Crippen molar-refractivity contribution in [2.75, 3.05) is 0 Å². The number of benzene rings is 2. The zero-order valence-electron chi connectivity index (χ0n) is 25.3. The molecule has 0 saturated heterocycles. The van der Waals surface area contributed by atoms with E-state index < -0.39 is 50.7 Å².